The molecule has 35 heavy (non-hydrogen) atoms. The Morgan fingerprint density at radius 3 is 2.26 bits per heavy atom. The summed E-state index contributed by atoms with van der Waals surface area (Å²) in [6, 6.07) is 20.5. The van der Waals surface area contributed by atoms with Gasteiger partial charge in [0.05, 0.1) is 12.1 Å². The molecule has 3 aromatic carbocycles. The number of hydrogen-bond donors (Lipinski definition) is 1. The fourth-order valence-electron chi connectivity index (χ4n) is 3.52. The van der Waals surface area contributed by atoms with Crippen LogP contribution in [0.3, 0.4) is 0 Å². The molecule has 180 valence electrons. The standard InChI is InChI=1S/C25H20ClF3N4O2/c26-20-11-9-18(10-12-20)16-33-22(30-21-8-4-7-19(15-21)25(27,28)29)31-23(34)32(24(33)35)14-13-17-5-2-1-3-6-17/h1-12,15H,13-14,16H2,(H,30,31,34). The van der Waals surface area contributed by atoms with Crippen LogP contribution < -0.4 is 16.7 Å². The molecule has 0 saturated carbocycles. The number of anilines is 2. The molecule has 0 amide bonds. The van der Waals surface area contributed by atoms with Crippen molar-refractivity contribution in [2.45, 2.75) is 25.7 Å². The number of benzene rings is 3. The van der Waals surface area contributed by atoms with Crippen molar-refractivity contribution in [3.8, 4) is 0 Å². The van der Waals surface area contributed by atoms with Gasteiger partial charge in [-0.1, -0.05) is 60.1 Å². The molecule has 10 heteroatoms. The fraction of sp³-hybridized carbons (Fsp3) is 0.160. The summed E-state index contributed by atoms with van der Waals surface area (Å²) < 4.78 is 41.7. The van der Waals surface area contributed by atoms with Gasteiger partial charge >= 0.3 is 17.6 Å². The van der Waals surface area contributed by atoms with Crippen molar-refractivity contribution in [2.24, 2.45) is 0 Å². The smallest absolute Gasteiger partial charge is 0.325 e. The number of nitrogens with zero attached hydrogens (tertiary/aromatic N) is 3. The zero-order valence-electron chi connectivity index (χ0n) is 18.3. The molecule has 4 rings (SSSR count). The summed E-state index contributed by atoms with van der Waals surface area (Å²) in [6.07, 6.45) is -4.12. The molecule has 0 saturated heterocycles. The van der Waals surface area contributed by atoms with Crippen LogP contribution in [0.25, 0.3) is 0 Å². The summed E-state index contributed by atoms with van der Waals surface area (Å²) in [5.41, 5.74) is -0.630. The lowest BCUT2D eigenvalue weighted by Crippen LogP contribution is -2.43. The molecule has 0 atom stereocenters. The van der Waals surface area contributed by atoms with Gasteiger partial charge in [0.15, 0.2) is 0 Å². The third-order valence-corrected chi connectivity index (χ3v) is 5.57. The zero-order valence-corrected chi connectivity index (χ0v) is 19.1. The lowest BCUT2D eigenvalue weighted by atomic mass is 10.1. The second-order valence-electron chi connectivity index (χ2n) is 7.80. The molecule has 1 heterocycles. The van der Waals surface area contributed by atoms with Gasteiger partial charge in [-0.25, -0.2) is 14.2 Å². The van der Waals surface area contributed by atoms with Gasteiger partial charge < -0.3 is 5.32 Å². The van der Waals surface area contributed by atoms with Crippen molar-refractivity contribution in [3.05, 3.63) is 122 Å². The van der Waals surface area contributed by atoms with Crippen LogP contribution >= 0.6 is 11.6 Å². The number of aromatic nitrogens is 3. The predicted octanol–water partition coefficient (Wildman–Crippen LogP) is 5.11. The number of aryl methyl sites for hydroxylation is 1. The van der Waals surface area contributed by atoms with E-state index in [2.05, 4.69) is 10.3 Å². The Balaban J connectivity index is 1.74. The van der Waals surface area contributed by atoms with E-state index in [1.165, 1.54) is 16.7 Å². The van der Waals surface area contributed by atoms with Gasteiger partial charge in [-0.05, 0) is 47.9 Å². The summed E-state index contributed by atoms with van der Waals surface area (Å²) in [5.74, 6) is -0.162. The topological polar surface area (TPSA) is 68.9 Å². The Morgan fingerprint density at radius 1 is 0.857 bits per heavy atom. The van der Waals surface area contributed by atoms with Gasteiger partial charge in [0.2, 0.25) is 5.95 Å². The number of hydrogen-bond acceptors (Lipinski definition) is 4. The maximum absolute atomic E-state index is 13.4. The molecule has 0 radical (unpaired) electrons. The van der Waals surface area contributed by atoms with E-state index in [4.69, 9.17) is 11.6 Å². The van der Waals surface area contributed by atoms with Gasteiger partial charge in [-0.15, -0.1) is 0 Å². The van der Waals surface area contributed by atoms with Crippen molar-refractivity contribution in [1.29, 1.82) is 0 Å². The van der Waals surface area contributed by atoms with Crippen molar-refractivity contribution < 1.29 is 13.2 Å². The molecule has 6 nitrogen and oxygen atoms in total. The number of alkyl halides is 3. The van der Waals surface area contributed by atoms with Crippen LogP contribution in [-0.4, -0.2) is 14.1 Å². The molecule has 4 aromatic rings. The highest BCUT2D eigenvalue weighted by molar-refractivity contribution is 6.30. The molecule has 0 bridgehead atoms. The Kier molecular flexibility index (Phi) is 7.07. The maximum atomic E-state index is 13.4. The van der Waals surface area contributed by atoms with E-state index in [0.717, 1.165) is 22.3 Å². The average Bonchev–Trinajstić information content (AvgIpc) is 2.83. The first-order valence-corrected chi connectivity index (χ1v) is 11.0. The molecule has 0 spiro atoms. The van der Waals surface area contributed by atoms with E-state index >= 15 is 0 Å². The summed E-state index contributed by atoms with van der Waals surface area (Å²) in [7, 11) is 0. The molecular weight excluding hydrogens is 481 g/mol. The first-order valence-electron chi connectivity index (χ1n) is 10.6. The molecule has 0 aliphatic heterocycles. The summed E-state index contributed by atoms with van der Waals surface area (Å²) in [6.45, 7) is 0.120. The van der Waals surface area contributed by atoms with E-state index in [-0.39, 0.29) is 24.7 Å². The van der Waals surface area contributed by atoms with E-state index in [1.54, 1.807) is 24.3 Å². The van der Waals surface area contributed by atoms with E-state index < -0.39 is 23.1 Å². The lowest BCUT2D eigenvalue weighted by molar-refractivity contribution is -0.137. The Labute approximate surface area is 203 Å². The predicted molar refractivity (Wildman–Crippen MR) is 128 cm³/mol. The van der Waals surface area contributed by atoms with Crippen LogP contribution in [0.2, 0.25) is 5.02 Å². The minimum atomic E-state index is -4.55. The Bertz CT molecular complexity index is 1430. The van der Waals surface area contributed by atoms with Crippen molar-refractivity contribution in [1.82, 2.24) is 14.1 Å². The van der Waals surface area contributed by atoms with Gasteiger partial charge in [0, 0.05) is 17.3 Å². The van der Waals surface area contributed by atoms with Crippen molar-refractivity contribution in [2.75, 3.05) is 5.32 Å². The summed E-state index contributed by atoms with van der Waals surface area (Å²) >= 11 is 5.95. The van der Waals surface area contributed by atoms with Crippen molar-refractivity contribution in [3.63, 3.8) is 0 Å². The average molecular weight is 501 g/mol. The third-order valence-electron chi connectivity index (χ3n) is 5.32. The third kappa shape index (κ3) is 5.99. The highest BCUT2D eigenvalue weighted by Crippen LogP contribution is 2.31. The number of rotatable bonds is 7. The first kappa shape index (κ1) is 24.3. The van der Waals surface area contributed by atoms with Crippen LogP contribution in [0.15, 0.2) is 88.5 Å². The minimum absolute atomic E-state index is 0.0237. The highest BCUT2D eigenvalue weighted by atomic mass is 35.5. The van der Waals surface area contributed by atoms with Crippen LogP contribution in [0, 0.1) is 0 Å². The van der Waals surface area contributed by atoms with Gasteiger partial charge in [0.25, 0.3) is 0 Å². The van der Waals surface area contributed by atoms with Crippen LogP contribution in [0.5, 0.6) is 0 Å². The molecule has 1 N–H and O–H groups in total. The SMILES string of the molecule is O=c1nc(Nc2cccc(C(F)(F)F)c2)n(Cc2ccc(Cl)cc2)c(=O)n1CCc1ccccc1. The van der Waals surface area contributed by atoms with Crippen molar-refractivity contribution >= 4 is 23.2 Å². The molecule has 0 unspecified atom stereocenters. The van der Waals surface area contributed by atoms with E-state index in [9.17, 15) is 22.8 Å². The summed E-state index contributed by atoms with van der Waals surface area (Å²) in [4.78, 5) is 30.1. The number of nitrogens with one attached hydrogen (secondary N) is 1. The molecule has 0 aliphatic carbocycles. The molecule has 1 aromatic heterocycles. The van der Waals surface area contributed by atoms with Crippen LogP contribution in [0.4, 0.5) is 24.8 Å². The number of halogens is 4. The van der Waals surface area contributed by atoms with Crippen LogP contribution in [-0.2, 0) is 25.7 Å². The van der Waals surface area contributed by atoms with E-state index in [0.29, 0.717) is 17.0 Å². The maximum Gasteiger partial charge on any atom is 0.416 e. The van der Waals surface area contributed by atoms with E-state index in [1.807, 2.05) is 30.3 Å². The minimum Gasteiger partial charge on any atom is -0.325 e. The van der Waals surface area contributed by atoms with Gasteiger partial charge in [-0.2, -0.15) is 18.2 Å². The van der Waals surface area contributed by atoms with Gasteiger partial charge in [-0.3, -0.25) is 4.57 Å². The zero-order chi connectivity index (χ0) is 25.0. The Hall–Kier alpha value is -3.85. The molecule has 0 fully saturated rings. The second-order valence-corrected chi connectivity index (χ2v) is 8.24. The largest absolute Gasteiger partial charge is 0.416 e. The molecular formula is C25H20ClF3N4O2. The Morgan fingerprint density at radius 2 is 1.57 bits per heavy atom. The van der Waals surface area contributed by atoms with Crippen LogP contribution in [0.1, 0.15) is 16.7 Å². The monoisotopic (exact) mass is 500 g/mol. The second kappa shape index (κ2) is 10.2. The fourth-order valence-corrected chi connectivity index (χ4v) is 3.64. The summed E-state index contributed by atoms with van der Waals surface area (Å²) in [5, 5.41) is 3.22. The lowest BCUT2D eigenvalue weighted by Gasteiger charge is -2.16. The highest BCUT2D eigenvalue weighted by Gasteiger charge is 2.30. The first-order chi connectivity index (χ1) is 16.7. The quantitative estimate of drug-likeness (QED) is 0.383. The molecule has 0 aliphatic rings. The van der Waals surface area contributed by atoms with Gasteiger partial charge in [0.1, 0.15) is 0 Å². The normalized spacial score (nSPS) is 11.4.